The van der Waals surface area contributed by atoms with Gasteiger partial charge in [-0.25, -0.2) is 5.01 Å². The van der Waals surface area contributed by atoms with E-state index in [9.17, 15) is 0 Å². The van der Waals surface area contributed by atoms with Crippen LogP contribution in [-0.4, -0.2) is 18.6 Å². The second-order valence-electron chi connectivity index (χ2n) is 7.48. The van der Waals surface area contributed by atoms with Gasteiger partial charge in [0.1, 0.15) is 0 Å². The molecule has 0 bridgehead atoms. The summed E-state index contributed by atoms with van der Waals surface area (Å²) in [5.74, 6) is 0.555. The minimum Gasteiger partial charge on any atom is -0.258 e. The molecule has 2 heterocycles. The molecule has 5 heteroatoms. The molecule has 1 N–H and O–H groups in total. The summed E-state index contributed by atoms with van der Waals surface area (Å²) in [4.78, 5) is 1.54. The highest BCUT2D eigenvalue weighted by Gasteiger charge is 2.36. The van der Waals surface area contributed by atoms with Gasteiger partial charge in [0.15, 0.2) is 0 Å². The Morgan fingerprint density at radius 1 is 1.08 bits per heavy atom. The smallest absolute Gasteiger partial charge is 0.0561 e. The molecule has 1 aromatic carbocycles. The van der Waals surface area contributed by atoms with Crippen molar-refractivity contribution in [2.75, 3.05) is 13.6 Å². The normalized spacial score (nSPS) is 21.3. The van der Waals surface area contributed by atoms with Crippen LogP contribution in [-0.2, 0) is 5.41 Å². The van der Waals surface area contributed by atoms with Gasteiger partial charge in [-0.1, -0.05) is 51.1 Å². The maximum Gasteiger partial charge on any atom is 0.0561 e. The molecule has 1 aromatic heterocycles. The van der Waals surface area contributed by atoms with Gasteiger partial charge in [0, 0.05) is 17.3 Å². The van der Waals surface area contributed by atoms with Crippen LogP contribution >= 0.6 is 36.2 Å². The molecule has 25 heavy (non-hydrogen) atoms. The third-order valence-corrected chi connectivity index (χ3v) is 6.19. The van der Waals surface area contributed by atoms with Crippen LogP contribution in [0.2, 0.25) is 0 Å². The molecule has 140 valence electrons. The molecule has 1 aliphatic rings. The number of thiophene rings is 1. The Morgan fingerprint density at radius 2 is 1.76 bits per heavy atom. The lowest BCUT2D eigenvalue weighted by molar-refractivity contribution is 0.0796. The zero-order valence-electron chi connectivity index (χ0n) is 15.5. The van der Waals surface area contributed by atoms with Crippen molar-refractivity contribution in [2.45, 2.75) is 51.0 Å². The maximum absolute atomic E-state index is 3.44. The van der Waals surface area contributed by atoms with Crippen molar-refractivity contribution >= 4 is 36.2 Å². The first-order valence-electron chi connectivity index (χ1n) is 8.59. The van der Waals surface area contributed by atoms with Crippen molar-refractivity contribution in [1.82, 2.24) is 10.4 Å². The first-order chi connectivity index (χ1) is 11.0. The standard InChI is InChI=1S/C20H28N2S.2ClH/c1-20(2,3)19-17(12-14-23-19)16-11-8-13-22(21-4)18(16)15-9-6-5-7-10-15;;/h5-7,9-10,12,14,16,18,21H,8,11,13H2,1-4H3;2*1H/t16-,18+;;/m1../s1. The van der Waals surface area contributed by atoms with E-state index in [-0.39, 0.29) is 30.2 Å². The topological polar surface area (TPSA) is 15.3 Å². The molecule has 1 aliphatic heterocycles. The van der Waals surface area contributed by atoms with Crippen molar-refractivity contribution in [3.05, 3.63) is 57.8 Å². The van der Waals surface area contributed by atoms with Crippen molar-refractivity contribution in [2.24, 2.45) is 0 Å². The summed E-state index contributed by atoms with van der Waals surface area (Å²) in [6, 6.07) is 13.7. The molecular weight excluding hydrogens is 371 g/mol. The molecule has 1 fully saturated rings. The predicted octanol–water partition coefficient (Wildman–Crippen LogP) is 5.94. The lowest BCUT2D eigenvalue weighted by atomic mass is 9.78. The van der Waals surface area contributed by atoms with E-state index in [0.29, 0.717) is 12.0 Å². The predicted molar refractivity (Wildman–Crippen MR) is 114 cm³/mol. The number of nitrogens with zero attached hydrogens (tertiary/aromatic N) is 1. The number of hydrogen-bond acceptors (Lipinski definition) is 3. The number of hydrogen-bond donors (Lipinski definition) is 1. The Balaban J connectivity index is 0.00000156. The van der Waals surface area contributed by atoms with E-state index >= 15 is 0 Å². The fraction of sp³-hybridized carbons (Fsp3) is 0.500. The molecule has 2 atom stereocenters. The zero-order chi connectivity index (χ0) is 16.4. The first kappa shape index (κ1) is 22.5. The Labute approximate surface area is 168 Å². The Hall–Kier alpha value is -0.580. The summed E-state index contributed by atoms with van der Waals surface area (Å²) >= 11 is 1.92. The number of piperidine rings is 1. The highest BCUT2D eigenvalue weighted by molar-refractivity contribution is 7.10. The molecule has 0 aliphatic carbocycles. The monoisotopic (exact) mass is 400 g/mol. The number of nitrogens with one attached hydrogen (secondary N) is 1. The van der Waals surface area contributed by atoms with Gasteiger partial charge in [-0.15, -0.1) is 36.2 Å². The number of halogens is 2. The average Bonchev–Trinajstić information content (AvgIpc) is 3.04. The van der Waals surface area contributed by atoms with Gasteiger partial charge in [0.25, 0.3) is 0 Å². The van der Waals surface area contributed by atoms with E-state index in [1.807, 2.05) is 11.3 Å². The Morgan fingerprint density at radius 3 is 2.36 bits per heavy atom. The van der Waals surface area contributed by atoms with E-state index in [0.717, 1.165) is 6.54 Å². The SMILES string of the molecule is CNN1CCC[C@H](c2ccsc2C(C)(C)C)[C@@H]1c1ccccc1.Cl.Cl. The molecule has 2 aromatic rings. The maximum atomic E-state index is 3.44. The van der Waals surface area contributed by atoms with Gasteiger partial charge in [0.2, 0.25) is 0 Å². The van der Waals surface area contributed by atoms with E-state index < -0.39 is 0 Å². The number of benzene rings is 1. The van der Waals surface area contributed by atoms with Gasteiger partial charge in [0.05, 0.1) is 6.04 Å². The highest BCUT2D eigenvalue weighted by atomic mass is 35.5. The second kappa shape index (κ2) is 9.38. The van der Waals surface area contributed by atoms with E-state index in [1.165, 1.54) is 18.4 Å². The van der Waals surface area contributed by atoms with Crippen LogP contribution in [0.1, 0.15) is 61.6 Å². The van der Waals surface area contributed by atoms with Crippen LogP contribution < -0.4 is 5.43 Å². The van der Waals surface area contributed by atoms with Crippen LogP contribution in [0.25, 0.3) is 0 Å². The number of rotatable bonds is 3. The lowest BCUT2D eigenvalue weighted by Gasteiger charge is -2.42. The Kier molecular flexibility index (Phi) is 8.43. The van der Waals surface area contributed by atoms with Gasteiger partial charge in [-0.2, -0.15) is 0 Å². The fourth-order valence-electron chi connectivity index (χ4n) is 3.86. The summed E-state index contributed by atoms with van der Waals surface area (Å²) in [7, 11) is 2.05. The molecule has 2 nitrogen and oxygen atoms in total. The molecule has 0 spiro atoms. The summed E-state index contributed by atoms with van der Waals surface area (Å²) in [6.45, 7) is 8.11. The second-order valence-corrected chi connectivity index (χ2v) is 8.39. The molecule has 0 radical (unpaired) electrons. The summed E-state index contributed by atoms with van der Waals surface area (Å²) in [6.07, 6.45) is 2.51. The molecular formula is C20H30Cl2N2S. The van der Waals surface area contributed by atoms with Crippen LogP contribution in [0.4, 0.5) is 0 Å². The average molecular weight is 401 g/mol. The van der Waals surface area contributed by atoms with E-state index in [1.54, 1.807) is 10.4 Å². The quantitative estimate of drug-likeness (QED) is 0.684. The number of hydrazine groups is 1. The molecule has 0 unspecified atom stereocenters. The van der Waals surface area contributed by atoms with Crippen LogP contribution in [0.15, 0.2) is 41.8 Å². The first-order valence-corrected chi connectivity index (χ1v) is 9.47. The van der Waals surface area contributed by atoms with Gasteiger partial charge in [-0.05, 0) is 47.9 Å². The van der Waals surface area contributed by atoms with Crippen LogP contribution in [0, 0.1) is 0 Å². The van der Waals surface area contributed by atoms with Crippen molar-refractivity contribution in [3.8, 4) is 0 Å². The third kappa shape index (κ3) is 4.78. The molecule has 0 saturated carbocycles. The van der Waals surface area contributed by atoms with E-state index in [4.69, 9.17) is 0 Å². The van der Waals surface area contributed by atoms with Crippen molar-refractivity contribution < 1.29 is 0 Å². The summed E-state index contributed by atoms with van der Waals surface area (Å²) in [5.41, 5.74) is 6.62. The minimum atomic E-state index is 0. The fourth-order valence-corrected chi connectivity index (χ4v) is 4.92. The van der Waals surface area contributed by atoms with Crippen LogP contribution in [0.3, 0.4) is 0 Å². The van der Waals surface area contributed by atoms with Crippen molar-refractivity contribution in [1.29, 1.82) is 0 Å². The van der Waals surface area contributed by atoms with E-state index in [2.05, 4.69) is 80.0 Å². The zero-order valence-corrected chi connectivity index (χ0v) is 17.9. The highest BCUT2D eigenvalue weighted by Crippen LogP contribution is 2.46. The van der Waals surface area contributed by atoms with Gasteiger partial charge < -0.3 is 0 Å². The molecule has 3 rings (SSSR count). The molecule has 0 amide bonds. The minimum absolute atomic E-state index is 0. The lowest BCUT2D eigenvalue weighted by Crippen LogP contribution is -2.45. The Bertz CT molecular complexity index is 637. The van der Waals surface area contributed by atoms with Gasteiger partial charge >= 0.3 is 0 Å². The largest absolute Gasteiger partial charge is 0.258 e. The van der Waals surface area contributed by atoms with Crippen LogP contribution in [0.5, 0.6) is 0 Å². The summed E-state index contributed by atoms with van der Waals surface area (Å²) < 4.78 is 0. The summed E-state index contributed by atoms with van der Waals surface area (Å²) in [5, 5.41) is 4.70. The molecule has 1 saturated heterocycles. The third-order valence-electron chi connectivity index (χ3n) is 4.84. The van der Waals surface area contributed by atoms with Crippen molar-refractivity contribution in [3.63, 3.8) is 0 Å². The van der Waals surface area contributed by atoms with Gasteiger partial charge in [-0.3, -0.25) is 5.43 Å².